The maximum absolute atomic E-state index is 5.60. The highest BCUT2D eigenvalue weighted by Crippen LogP contribution is 2.18. The minimum absolute atomic E-state index is 0.600. The van der Waals surface area contributed by atoms with Gasteiger partial charge in [-0.3, -0.25) is 0 Å². The van der Waals surface area contributed by atoms with Gasteiger partial charge in [0.25, 0.3) is 0 Å². The Morgan fingerprint density at radius 3 is 3.15 bits per heavy atom. The van der Waals surface area contributed by atoms with E-state index in [0.717, 1.165) is 30.8 Å². The van der Waals surface area contributed by atoms with Gasteiger partial charge >= 0.3 is 0 Å². The zero-order chi connectivity index (χ0) is 8.93. The first-order valence-corrected chi connectivity index (χ1v) is 4.55. The van der Waals surface area contributed by atoms with Crippen molar-refractivity contribution in [3.05, 3.63) is 41.7 Å². The molecule has 0 radical (unpaired) electrons. The summed E-state index contributed by atoms with van der Waals surface area (Å²) < 4.78 is 10.6. The van der Waals surface area contributed by atoms with Gasteiger partial charge in [-0.25, -0.2) is 0 Å². The molecular formula is C11H12O2. The Hall–Kier alpha value is -1.40. The molecule has 0 fully saturated rings. The third kappa shape index (κ3) is 2.27. The summed E-state index contributed by atoms with van der Waals surface area (Å²) in [5.41, 5.74) is 3.12. The van der Waals surface area contributed by atoms with Crippen molar-refractivity contribution in [1.29, 1.82) is 0 Å². The fourth-order valence-electron chi connectivity index (χ4n) is 1.29. The molecule has 0 atom stereocenters. The minimum Gasteiger partial charge on any atom is -0.497 e. The lowest BCUT2D eigenvalue weighted by atomic mass is 10.1. The molecule has 1 aliphatic heterocycles. The second kappa shape index (κ2) is 4.01. The van der Waals surface area contributed by atoms with Crippen LogP contribution in [0, 0.1) is 0 Å². The zero-order valence-electron chi connectivity index (χ0n) is 7.45. The van der Waals surface area contributed by atoms with Crippen LogP contribution in [0.15, 0.2) is 41.7 Å². The van der Waals surface area contributed by atoms with Gasteiger partial charge in [0.05, 0.1) is 6.26 Å². The van der Waals surface area contributed by atoms with E-state index in [4.69, 9.17) is 9.47 Å². The molecule has 2 rings (SSSR count). The van der Waals surface area contributed by atoms with Crippen LogP contribution in [0.2, 0.25) is 0 Å². The van der Waals surface area contributed by atoms with E-state index in [9.17, 15) is 0 Å². The highest BCUT2D eigenvalue weighted by Gasteiger charge is 2.05. The van der Waals surface area contributed by atoms with Crippen LogP contribution in [0.1, 0.15) is 19.3 Å². The average molecular weight is 176 g/mol. The predicted molar refractivity (Wildman–Crippen MR) is 49.7 cm³/mol. The molecule has 0 aromatic heterocycles. The van der Waals surface area contributed by atoms with Crippen LogP contribution in [0.3, 0.4) is 0 Å². The smallest absolute Gasteiger partial charge is 0.146 e. The summed E-state index contributed by atoms with van der Waals surface area (Å²) >= 11 is 0. The number of allylic oxidation sites excluding steroid dienone is 2. The fourth-order valence-corrected chi connectivity index (χ4v) is 1.29. The van der Waals surface area contributed by atoms with Gasteiger partial charge in [-0.1, -0.05) is 5.73 Å². The monoisotopic (exact) mass is 176 g/mol. The van der Waals surface area contributed by atoms with Crippen molar-refractivity contribution in [2.24, 2.45) is 0 Å². The quantitative estimate of drug-likeness (QED) is 0.602. The summed E-state index contributed by atoms with van der Waals surface area (Å²) in [6.45, 7) is 0.600. The molecule has 0 saturated heterocycles. The van der Waals surface area contributed by atoms with Gasteiger partial charge in [-0.15, -0.1) is 0 Å². The van der Waals surface area contributed by atoms with Gasteiger partial charge < -0.3 is 9.47 Å². The highest BCUT2D eigenvalue weighted by atomic mass is 16.5. The first-order valence-electron chi connectivity index (χ1n) is 4.55. The Balaban J connectivity index is 2.00. The lowest BCUT2D eigenvalue weighted by Crippen LogP contribution is -1.98. The molecule has 2 heteroatoms. The normalized spacial score (nSPS) is 20.3. The molecule has 0 unspecified atom stereocenters. The molecule has 2 nitrogen and oxygen atoms in total. The van der Waals surface area contributed by atoms with E-state index < -0.39 is 0 Å². The SMILES string of the molecule is C1=CCCCC=1OC1=CCOC=C1. The minimum atomic E-state index is 0.600. The summed E-state index contributed by atoms with van der Waals surface area (Å²) in [6.07, 6.45) is 10.7. The van der Waals surface area contributed by atoms with E-state index >= 15 is 0 Å². The molecule has 68 valence electrons. The Kier molecular flexibility index (Phi) is 2.54. The number of hydrogen-bond donors (Lipinski definition) is 0. The molecule has 1 aliphatic carbocycles. The van der Waals surface area contributed by atoms with Crippen LogP contribution < -0.4 is 0 Å². The van der Waals surface area contributed by atoms with Gasteiger partial charge in [0.2, 0.25) is 0 Å². The number of hydrogen-bond acceptors (Lipinski definition) is 2. The van der Waals surface area contributed by atoms with Crippen LogP contribution in [0.25, 0.3) is 0 Å². The average Bonchev–Trinajstić information content (AvgIpc) is 2.21. The zero-order valence-corrected chi connectivity index (χ0v) is 7.45. The van der Waals surface area contributed by atoms with E-state index in [1.807, 2.05) is 18.2 Å². The molecule has 0 aromatic carbocycles. The first-order chi connectivity index (χ1) is 6.45. The van der Waals surface area contributed by atoms with Crippen molar-refractivity contribution in [2.75, 3.05) is 6.61 Å². The first kappa shape index (κ1) is 8.21. The van der Waals surface area contributed by atoms with Crippen LogP contribution >= 0.6 is 0 Å². The Labute approximate surface area is 77.8 Å². The van der Waals surface area contributed by atoms with Crippen LogP contribution in [0.5, 0.6) is 0 Å². The molecule has 0 spiro atoms. The third-order valence-corrected chi connectivity index (χ3v) is 1.97. The van der Waals surface area contributed by atoms with E-state index in [-0.39, 0.29) is 0 Å². The number of ether oxygens (including phenoxy) is 2. The van der Waals surface area contributed by atoms with E-state index in [0.29, 0.717) is 6.61 Å². The number of rotatable bonds is 2. The van der Waals surface area contributed by atoms with Crippen molar-refractivity contribution in [3.63, 3.8) is 0 Å². The Morgan fingerprint density at radius 2 is 2.46 bits per heavy atom. The van der Waals surface area contributed by atoms with Gasteiger partial charge in [0.15, 0.2) is 0 Å². The van der Waals surface area contributed by atoms with Crippen LogP contribution in [-0.4, -0.2) is 6.61 Å². The molecule has 0 saturated carbocycles. The summed E-state index contributed by atoms with van der Waals surface area (Å²) in [7, 11) is 0. The van der Waals surface area contributed by atoms with Gasteiger partial charge in [-0.2, -0.15) is 0 Å². The maximum atomic E-state index is 5.60. The molecular weight excluding hydrogens is 164 g/mol. The molecule has 13 heavy (non-hydrogen) atoms. The second-order valence-corrected chi connectivity index (χ2v) is 3.01. The molecule has 1 heterocycles. The summed E-state index contributed by atoms with van der Waals surface area (Å²) in [4.78, 5) is 0. The van der Waals surface area contributed by atoms with Gasteiger partial charge in [0, 0.05) is 12.5 Å². The van der Waals surface area contributed by atoms with Crippen molar-refractivity contribution in [3.8, 4) is 0 Å². The highest BCUT2D eigenvalue weighted by molar-refractivity contribution is 5.16. The van der Waals surface area contributed by atoms with E-state index in [2.05, 4.69) is 5.73 Å². The van der Waals surface area contributed by atoms with Gasteiger partial charge in [0.1, 0.15) is 18.1 Å². The summed E-state index contributed by atoms with van der Waals surface area (Å²) in [5.74, 6) is 1.80. The van der Waals surface area contributed by atoms with Gasteiger partial charge in [-0.05, 0) is 25.0 Å². The molecule has 0 bridgehead atoms. The van der Waals surface area contributed by atoms with Crippen LogP contribution in [-0.2, 0) is 9.47 Å². The Morgan fingerprint density at radius 1 is 1.46 bits per heavy atom. The van der Waals surface area contributed by atoms with Crippen molar-refractivity contribution in [2.45, 2.75) is 19.3 Å². The molecule has 0 amide bonds. The third-order valence-electron chi connectivity index (χ3n) is 1.97. The largest absolute Gasteiger partial charge is 0.497 e. The Bertz CT molecular complexity index is 304. The summed E-state index contributed by atoms with van der Waals surface area (Å²) in [6, 6.07) is 0. The van der Waals surface area contributed by atoms with Crippen LogP contribution in [0.4, 0.5) is 0 Å². The maximum Gasteiger partial charge on any atom is 0.146 e. The molecule has 0 N–H and O–H groups in total. The second-order valence-electron chi connectivity index (χ2n) is 3.01. The van der Waals surface area contributed by atoms with E-state index in [1.54, 1.807) is 6.26 Å². The summed E-state index contributed by atoms with van der Waals surface area (Å²) in [5, 5.41) is 0. The lowest BCUT2D eigenvalue weighted by Gasteiger charge is -2.12. The molecule has 0 aromatic rings. The van der Waals surface area contributed by atoms with Crippen molar-refractivity contribution >= 4 is 0 Å². The topological polar surface area (TPSA) is 18.5 Å². The van der Waals surface area contributed by atoms with Crippen molar-refractivity contribution in [1.82, 2.24) is 0 Å². The lowest BCUT2D eigenvalue weighted by molar-refractivity contribution is 0.249. The van der Waals surface area contributed by atoms with Crippen molar-refractivity contribution < 1.29 is 9.47 Å². The standard InChI is InChI=1S/C11H12O2/c1-2-4-10(5-3-1)13-11-6-8-12-9-7-11/h2,6-8H,1,3,5,9H2. The van der Waals surface area contributed by atoms with E-state index in [1.165, 1.54) is 0 Å². The predicted octanol–water partition coefficient (Wildman–Crippen LogP) is 2.65. The molecule has 2 aliphatic rings. The fraction of sp³-hybridized carbons (Fsp3) is 0.364.